The largest absolute Gasteiger partial charge is 0.242 e. The van der Waals surface area contributed by atoms with Gasteiger partial charge in [0.2, 0.25) is 4.77 Å². The number of hydrogen-bond acceptors (Lipinski definition) is 3. The number of hydrogen-bond donors (Lipinski definition) is 1. The van der Waals surface area contributed by atoms with E-state index in [4.69, 9.17) is 12.2 Å². The van der Waals surface area contributed by atoms with Gasteiger partial charge in [-0.15, -0.1) is 0 Å². The molecule has 2 rings (SSSR count). The third-order valence-electron chi connectivity index (χ3n) is 3.52. The van der Waals surface area contributed by atoms with Crippen molar-refractivity contribution >= 4 is 12.2 Å². The highest BCUT2D eigenvalue weighted by Crippen LogP contribution is 2.31. The number of rotatable bonds is 3. The first-order valence-electron chi connectivity index (χ1n) is 5.77. The summed E-state index contributed by atoms with van der Waals surface area (Å²) in [4.78, 5) is 0. The third kappa shape index (κ3) is 2.65. The van der Waals surface area contributed by atoms with Crippen molar-refractivity contribution in [1.29, 1.82) is 0 Å². The molecule has 84 valence electrons. The average molecular weight is 226 g/mol. The standard InChI is InChI=1S/C10H18N4S/c1-2-8-3-5-9(6-4-8)7-14-10(15)11-12-13-14/h8-9H,2-7H2,1H3,(H,11,13,15). The molecule has 0 unspecified atom stereocenters. The highest BCUT2D eigenvalue weighted by molar-refractivity contribution is 7.71. The molecule has 0 atom stereocenters. The van der Waals surface area contributed by atoms with Gasteiger partial charge in [-0.2, -0.15) is 5.21 Å². The summed E-state index contributed by atoms with van der Waals surface area (Å²) in [6, 6.07) is 0. The molecule has 1 aromatic rings. The van der Waals surface area contributed by atoms with E-state index in [0.29, 0.717) is 4.77 Å². The zero-order valence-corrected chi connectivity index (χ0v) is 9.96. The van der Waals surface area contributed by atoms with Gasteiger partial charge in [-0.3, -0.25) is 0 Å². The van der Waals surface area contributed by atoms with E-state index in [9.17, 15) is 0 Å². The van der Waals surface area contributed by atoms with Crippen molar-refractivity contribution in [3.63, 3.8) is 0 Å². The first-order valence-corrected chi connectivity index (χ1v) is 6.18. The lowest BCUT2D eigenvalue weighted by molar-refractivity contribution is 0.240. The average Bonchev–Trinajstić information content (AvgIpc) is 2.66. The van der Waals surface area contributed by atoms with Gasteiger partial charge in [0.05, 0.1) is 0 Å². The molecule has 1 aliphatic carbocycles. The van der Waals surface area contributed by atoms with Crippen LogP contribution < -0.4 is 0 Å². The molecule has 1 N–H and O–H groups in total. The predicted molar refractivity (Wildman–Crippen MR) is 60.9 cm³/mol. The van der Waals surface area contributed by atoms with Gasteiger partial charge in [0.1, 0.15) is 0 Å². The fourth-order valence-corrected chi connectivity index (χ4v) is 2.57. The van der Waals surface area contributed by atoms with Crippen molar-refractivity contribution in [3.8, 4) is 0 Å². The number of tetrazole rings is 1. The Kier molecular flexibility index (Phi) is 3.51. The molecule has 0 bridgehead atoms. The Labute approximate surface area is 95.1 Å². The van der Waals surface area contributed by atoms with Crippen LogP contribution >= 0.6 is 12.2 Å². The molecule has 0 aromatic carbocycles. The molecule has 1 aromatic heterocycles. The quantitative estimate of drug-likeness (QED) is 0.806. The molecule has 0 saturated heterocycles. The van der Waals surface area contributed by atoms with Gasteiger partial charge >= 0.3 is 0 Å². The first kappa shape index (κ1) is 10.8. The molecule has 5 heteroatoms. The molecule has 15 heavy (non-hydrogen) atoms. The Bertz CT molecular complexity index is 348. The van der Waals surface area contributed by atoms with Crippen LogP contribution in [-0.2, 0) is 6.54 Å². The van der Waals surface area contributed by atoms with Crippen molar-refractivity contribution in [2.24, 2.45) is 11.8 Å². The molecule has 1 heterocycles. The Balaban J connectivity index is 1.87. The van der Waals surface area contributed by atoms with Crippen molar-refractivity contribution < 1.29 is 0 Å². The molecule has 0 aliphatic heterocycles. The van der Waals surface area contributed by atoms with Crippen LogP contribution in [0.1, 0.15) is 39.0 Å². The first-order chi connectivity index (χ1) is 7.29. The summed E-state index contributed by atoms with van der Waals surface area (Å²) in [5.74, 6) is 1.70. The Morgan fingerprint density at radius 2 is 2.00 bits per heavy atom. The van der Waals surface area contributed by atoms with Gasteiger partial charge in [-0.05, 0) is 36.9 Å². The lowest BCUT2D eigenvalue weighted by atomic mass is 9.81. The lowest BCUT2D eigenvalue weighted by Gasteiger charge is -2.27. The highest BCUT2D eigenvalue weighted by Gasteiger charge is 2.20. The maximum absolute atomic E-state index is 5.06. The van der Waals surface area contributed by atoms with Crippen molar-refractivity contribution in [3.05, 3.63) is 4.77 Å². The van der Waals surface area contributed by atoms with Gasteiger partial charge in [0, 0.05) is 6.54 Å². The molecule has 1 saturated carbocycles. The van der Waals surface area contributed by atoms with Crippen LogP contribution in [0.25, 0.3) is 0 Å². The summed E-state index contributed by atoms with van der Waals surface area (Å²) in [6.07, 6.45) is 6.71. The Hall–Kier alpha value is -0.710. The second kappa shape index (κ2) is 4.88. The van der Waals surface area contributed by atoms with Crippen LogP contribution in [-0.4, -0.2) is 20.2 Å². The van der Waals surface area contributed by atoms with E-state index < -0.39 is 0 Å². The topological polar surface area (TPSA) is 46.5 Å². The molecule has 0 spiro atoms. The fourth-order valence-electron chi connectivity index (χ4n) is 2.42. The second-order valence-corrected chi connectivity index (χ2v) is 4.85. The SMILES string of the molecule is CCC1CCC(Cn2[nH]nnc2=S)CC1. The molecule has 4 nitrogen and oxygen atoms in total. The minimum atomic E-state index is 0.576. The van der Waals surface area contributed by atoms with Gasteiger partial charge in [-0.1, -0.05) is 36.5 Å². The fraction of sp³-hybridized carbons (Fsp3) is 0.900. The summed E-state index contributed by atoms with van der Waals surface area (Å²) in [7, 11) is 0. The van der Waals surface area contributed by atoms with Crippen LogP contribution in [0.3, 0.4) is 0 Å². The number of aromatic nitrogens is 4. The van der Waals surface area contributed by atoms with E-state index in [1.165, 1.54) is 32.1 Å². The van der Waals surface area contributed by atoms with Crippen molar-refractivity contribution in [1.82, 2.24) is 20.2 Å². The Morgan fingerprint density at radius 3 is 2.53 bits per heavy atom. The predicted octanol–water partition coefficient (Wildman–Crippen LogP) is 2.55. The summed E-state index contributed by atoms with van der Waals surface area (Å²) in [5, 5.41) is 10.3. The minimum absolute atomic E-state index is 0.576. The lowest BCUT2D eigenvalue weighted by Crippen LogP contribution is -2.19. The van der Waals surface area contributed by atoms with Gasteiger partial charge in [-0.25, -0.2) is 4.68 Å². The van der Waals surface area contributed by atoms with E-state index in [-0.39, 0.29) is 0 Å². The van der Waals surface area contributed by atoms with Gasteiger partial charge in [0.15, 0.2) is 0 Å². The Morgan fingerprint density at radius 1 is 1.33 bits per heavy atom. The smallest absolute Gasteiger partial charge is 0.238 e. The third-order valence-corrected chi connectivity index (χ3v) is 3.82. The molecule has 1 aliphatic rings. The second-order valence-electron chi connectivity index (χ2n) is 4.49. The summed E-state index contributed by atoms with van der Waals surface area (Å²) in [6.45, 7) is 3.25. The number of nitrogens with one attached hydrogen (secondary N) is 1. The van der Waals surface area contributed by atoms with Gasteiger partial charge < -0.3 is 0 Å². The molecular weight excluding hydrogens is 208 g/mol. The van der Waals surface area contributed by atoms with Crippen LogP contribution in [0, 0.1) is 16.6 Å². The summed E-state index contributed by atoms with van der Waals surface area (Å²) in [5.41, 5.74) is 0. The van der Waals surface area contributed by atoms with Crippen molar-refractivity contribution in [2.75, 3.05) is 0 Å². The minimum Gasteiger partial charge on any atom is -0.242 e. The summed E-state index contributed by atoms with van der Waals surface area (Å²) < 4.78 is 2.46. The number of nitrogens with zero attached hydrogens (tertiary/aromatic N) is 3. The van der Waals surface area contributed by atoms with Crippen LogP contribution in [0.2, 0.25) is 0 Å². The van der Waals surface area contributed by atoms with Crippen LogP contribution in [0.5, 0.6) is 0 Å². The van der Waals surface area contributed by atoms with Crippen molar-refractivity contribution in [2.45, 2.75) is 45.6 Å². The van der Waals surface area contributed by atoms with E-state index >= 15 is 0 Å². The molecular formula is C10H18N4S. The number of H-pyrrole nitrogens is 1. The van der Waals surface area contributed by atoms with E-state index in [2.05, 4.69) is 22.4 Å². The van der Waals surface area contributed by atoms with E-state index in [1.807, 2.05) is 4.68 Å². The molecule has 0 radical (unpaired) electrons. The van der Waals surface area contributed by atoms with Gasteiger partial charge in [0.25, 0.3) is 0 Å². The van der Waals surface area contributed by atoms with E-state index in [0.717, 1.165) is 18.4 Å². The maximum atomic E-state index is 5.06. The zero-order valence-electron chi connectivity index (χ0n) is 9.15. The number of aromatic amines is 1. The summed E-state index contributed by atoms with van der Waals surface area (Å²) >= 11 is 5.06. The monoisotopic (exact) mass is 226 g/mol. The highest BCUT2D eigenvalue weighted by atomic mass is 32.1. The molecule has 0 amide bonds. The van der Waals surface area contributed by atoms with Crippen LogP contribution in [0.15, 0.2) is 0 Å². The zero-order chi connectivity index (χ0) is 10.7. The van der Waals surface area contributed by atoms with E-state index in [1.54, 1.807) is 0 Å². The molecule has 1 fully saturated rings. The normalized spacial score (nSPS) is 26.7. The maximum Gasteiger partial charge on any atom is 0.238 e. The van der Waals surface area contributed by atoms with Crippen LogP contribution in [0.4, 0.5) is 0 Å².